The normalized spacial score (nSPS) is 18.0. The average Bonchev–Trinajstić information content (AvgIpc) is 3.19. The molecule has 1 aliphatic heterocycles. The molecule has 0 bridgehead atoms. The summed E-state index contributed by atoms with van der Waals surface area (Å²) in [5.41, 5.74) is 0.523. The lowest BCUT2D eigenvalue weighted by Crippen LogP contribution is -2.25. The van der Waals surface area contributed by atoms with Crippen molar-refractivity contribution in [3.63, 3.8) is 0 Å². The Morgan fingerprint density at radius 1 is 1.48 bits per heavy atom. The van der Waals surface area contributed by atoms with Crippen LogP contribution in [0.15, 0.2) is 22.9 Å². The van der Waals surface area contributed by atoms with Gasteiger partial charge in [0.2, 0.25) is 5.88 Å². The van der Waals surface area contributed by atoms with Crippen LogP contribution in [-0.2, 0) is 17.9 Å². The third kappa shape index (κ3) is 4.03. The van der Waals surface area contributed by atoms with Gasteiger partial charge >= 0.3 is 0 Å². The van der Waals surface area contributed by atoms with Crippen molar-refractivity contribution in [2.45, 2.75) is 25.7 Å². The highest BCUT2D eigenvalue weighted by molar-refractivity contribution is 5.28. The lowest BCUT2D eigenvalue weighted by atomic mass is 10.3. The first kappa shape index (κ1) is 15.4. The van der Waals surface area contributed by atoms with Crippen molar-refractivity contribution in [3.8, 4) is 11.9 Å². The fraction of sp³-hybridized carbons (Fsp3) is 0.467. The zero-order valence-corrected chi connectivity index (χ0v) is 12.8. The topological polar surface area (TPSA) is 97.3 Å². The molecule has 1 unspecified atom stereocenters. The van der Waals surface area contributed by atoms with E-state index in [1.165, 1.54) is 6.20 Å². The third-order valence-electron chi connectivity index (χ3n) is 3.52. The first-order chi connectivity index (χ1) is 11.3. The Balaban J connectivity index is 1.50. The van der Waals surface area contributed by atoms with Crippen LogP contribution in [0.2, 0.25) is 0 Å². The van der Waals surface area contributed by atoms with Crippen LogP contribution < -0.4 is 4.74 Å². The van der Waals surface area contributed by atoms with E-state index in [1.54, 1.807) is 19.2 Å². The van der Waals surface area contributed by atoms with Crippen molar-refractivity contribution in [1.29, 1.82) is 5.26 Å². The van der Waals surface area contributed by atoms with Gasteiger partial charge in [-0.05, 0) is 12.5 Å². The maximum absolute atomic E-state index is 8.76. The Labute approximate surface area is 133 Å². The SMILES string of the molecule is COCc1nc(CN2CCC(Oc3ccc(C#N)cn3)C2)no1. The summed E-state index contributed by atoms with van der Waals surface area (Å²) < 4.78 is 15.9. The summed E-state index contributed by atoms with van der Waals surface area (Å²) in [6, 6.07) is 5.45. The van der Waals surface area contributed by atoms with Gasteiger partial charge in [-0.15, -0.1) is 0 Å². The fourth-order valence-electron chi connectivity index (χ4n) is 2.46. The summed E-state index contributed by atoms with van der Waals surface area (Å²) in [6.45, 7) is 2.61. The predicted molar refractivity (Wildman–Crippen MR) is 78.3 cm³/mol. The van der Waals surface area contributed by atoms with Crippen molar-refractivity contribution in [2.75, 3.05) is 20.2 Å². The molecule has 1 aliphatic rings. The highest BCUT2D eigenvalue weighted by Gasteiger charge is 2.25. The van der Waals surface area contributed by atoms with Crippen molar-refractivity contribution < 1.29 is 14.0 Å². The predicted octanol–water partition coefficient (Wildman–Crippen LogP) is 1.14. The molecule has 0 radical (unpaired) electrons. The van der Waals surface area contributed by atoms with E-state index in [2.05, 4.69) is 20.0 Å². The maximum Gasteiger partial charge on any atom is 0.252 e. The van der Waals surface area contributed by atoms with Gasteiger partial charge in [-0.1, -0.05) is 5.16 Å². The lowest BCUT2D eigenvalue weighted by molar-refractivity contribution is 0.151. The Bertz CT molecular complexity index is 679. The van der Waals surface area contributed by atoms with E-state index in [-0.39, 0.29) is 6.10 Å². The van der Waals surface area contributed by atoms with Crippen LogP contribution in [0, 0.1) is 11.3 Å². The second-order valence-electron chi connectivity index (χ2n) is 5.30. The summed E-state index contributed by atoms with van der Waals surface area (Å²) in [5, 5.41) is 12.7. The van der Waals surface area contributed by atoms with Crippen molar-refractivity contribution >= 4 is 0 Å². The van der Waals surface area contributed by atoms with E-state index in [9.17, 15) is 0 Å². The Kier molecular flexibility index (Phi) is 4.80. The summed E-state index contributed by atoms with van der Waals surface area (Å²) in [4.78, 5) is 10.6. The smallest absolute Gasteiger partial charge is 0.252 e. The van der Waals surface area contributed by atoms with Gasteiger partial charge in [0, 0.05) is 32.5 Å². The zero-order chi connectivity index (χ0) is 16.1. The number of pyridine rings is 1. The summed E-state index contributed by atoms with van der Waals surface area (Å²) in [5.74, 6) is 1.67. The minimum absolute atomic E-state index is 0.0702. The molecule has 0 amide bonds. The van der Waals surface area contributed by atoms with E-state index in [0.717, 1.165) is 19.5 Å². The first-order valence-corrected chi connectivity index (χ1v) is 7.32. The Hall–Kier alpha value is -2.50. The van der Waals surface area contributed by atoms with Crippen molar-refractivity contribution in [1.82, 2.24) is 20.0 Å². The number of aromatic nitrogens is 3. The molecular weight excluding hydrogens is 298 g/mol. The van der Waals surface area contributed by atoms with E-state index in [1.807, 2.05) is 6.07 Å². The molecule has 23 heavy (non-hydrogen) atoms. The molecule has 1 atom stereocenters. The molecule has 120 valence electrons. The highest BCUT2D eigenvalue weighted by atomic mass is 16.5. The van der Waals surface area contributed by atoms with Crippen LogP contribution in [0.5, 0.6) is 5.88 Å². The Morgan fingerprint density at radius 2 is 2.39 bits per heavy atom. The largest absolute Gasteiger partial charge is 0.473 e. The number of ether oxygens (including phenoxy) is 2. The van der Waals surface area contributed by atoms with E-state index >= 15 is 0 Å². The van der Waals surface area contributed by atoms with Crippen molar-refractivity contribution in [2.24, 2.45) is 0 Å². The van der Waals surface area contributed by atoms with Crippen LogP contribution in [0.1, 0.15) is 23.7 Å². The van der Waals surface area contributed by atoms with Gasteiger partial charge in [-0.25, -0.2) is 4.98 Å². The molecule has 1 fully saturated rings. The molecule has 0 aliphatic carbocycles. The minimum atomic E-state index is 0.0702. The molecule has 8 heteroatoms. The molecule has 0 saturated carbocycles. The molecule has 0 N–H and O–H groups in total. The second-order valence-corrected chi connectivity index (χ2v) is 5.30. The van der Waals surface area contributed by atoms with Gasteiger partial charge in [0.25, 0.3) is 5.89 Å². The summed E-state index contributed by atoms with van der Waals surface area (Å²) >= 11 is 0. The van der Waals surface area contributed by atoms with Crippen LogP contribution in [0.3, 0.4) is 0 Å². The van der Waals surface area contributed by atoms with Gasteiger partial charge in [-0.2, -0.15) is 10.2 Å². The molecule has 1 saturated heterocycles. The molecule has 0 aromatic carbocycles. The highest BCUT2D eigenvalue weighted by Crippen LogP contribution is 2.18. The number of hydrogen-bond acceptors (Lipinski definition) is 8. The van der Waals surface area contributed by atoms with Crippen LogP contribution in [0.4, 0.5) is 0 Å². The Morgan fingerprint density at radius 3 is 3.13 bits per heavy atom. The number of nitrogens with zero attached hydrogens (tertiary/aromatic N) is 5. The van der Waals surface area contributed by atoms with E-state index in [0.29, 0.717) is 36.3 Å². The summed E-state index contributed by atoms with van der Waals surface area (Å²) in [7, 11) is 1.59. The first-order valence-electron chi connectivity index (χ1n) is 7.32. The molecule has 2 aromatic rings. The van der Waals surface area contributed by atoms with Crippen LogP contribution in [-0.4, -0.2) is 46.3 Å². The molecule has 0 spiro atoms. The number of likely N-dealkylation sites (tertiary alicyclic amines) is 1. The molecule has 2 aromatic heterocycles. The minimum Gasteiger partial charge on any atom is -0.473 e. The average molecular weight is 315 g/mol. The third-order valence-corrected chi connectivity index (χ3v) is 3.52. The molecule has 3 heterocycles. The van der Waals surface area contributed by atoms with Crippen LogP contribution >= 0.6 is 0 Å². The monoisotopic (exact) mass is 315 g/mol. The van der Waals surface area contributed by atoms with E-state index < -0.39 is 0 Å². The summed E-state index contributed by atoms with van der Waals surface area (Å²) in [6.07, 6.45) is 2.49. The number of methoxy groups -OCH3 is 1. The standard InChI is InChI=1S/C15H17N5O3/c1-21-10-15-18-13(19-23-15)9-20-5-4-12(8-20)22-14-3-2-11(6-16)7-17-14/h2-3,7,12H,4-5,8-10H2,1H3. The second kappa shape index (κ2) is 7.17. The van der Waals surface area contributed by atoms with Gasteiger partial charge in [-0.3, -0.25) is 4.90 Å². The zero-order valence-electron chi connectivity index (χ0n) is 12.8. The quantitative estimate of drug-likeness (QED) is 0.782. The number of hydrogen-bond donors (Lipinski definition) is 0. The van der Waals surface area contributed by atoms with Crippen molar-refractivity contribution in [3.05, 3.63) is 35.6 Å². The molecular formula is C15H17N5O3. The molecule has 3 rings (SSSR count). The van der Waals surface area contributed by atoms with Gasteiger partial charge < -0.3 is 14.0 Å². The van der Waals surface area contributed by atoms with Gasteiger partial charge in [0.05, 0.1) is 12.1 Å². The number of nitriles is 1. The van der Waals surface area contributed by atoms with Gasteiger partial charge in [0.1, 0.15) is 18.8 Å². The van der Waals surface area contributed by atoms with E-state index in [4.69, 9.17) is 19.3 Å². The van der Waals surface area contributed by atoms with Gasteiger partial charge in [0.15, 0.2) is 5.82 Å². The lowest BCUT2D eigenvalue weighted by Gasteiger charge is -2.14. The van der Waals surface area contributed by atoms with Crippen LogP contribution in [0.25, 0.3) is 0 Å². The number of rotatable bonds is 6. The maximum atomic E-state index is 8.76. The fourth-order valence-corrected chi connectivity index (χ4v) is 2.46. The molecule has 8 nitrogen and oxygen atoms in total.